The maximum absolute atomic E-state index is 12.6. The molecule has 0 unspecified atom stereocenters. The average molecular weight is 458 g/mol. The highest BCUT2D eigenvalue weighted by molar-refractivity contribution is 6.74. The van der Waals surface area contributed by atoms with Gasteiger partial charge in [0.2, 0.25) is 5.91 Å². The third kappa shape index (κ3) is 6.00. The molecule has 3 rings (SSSR count). The highest BCUT2D eigenvalue weighted by Gasteiger charge is 2.47. The van der Waals surface area contributed by atoms with E-state index in [1.165, 1.54) is 5.56 Å². The Morgan fingerprint density at radius 2 is 1.74 bits per heavy atom. The van der Waals surface area contributed by atoms with E-state index in [2.05, 4.69) is 69.5 Å². The molecule has 1 amide bonds. The van der Waals surface area contributed by atoms with Crippen LogP contribution in [0.1, 0.15) is 58.4 Å². The van der Waals surface area contributed by atoms with Gasteiger partial charge in [-0.3, -0.25) is 4.79 Å². The number of carbonyl (C=O) groups is 1. The summed E-state index contributed by atoms with van der Waals surface area (Å²) in [4.78, 5) is 12.6. The molecule has 5 heteroatoms. The molecular weight excluding hydrogens is 422 g/mol. The minimum atomic E-state index is -1.95. The van der Waals surface area contributed by atoms with Crippen LogP contribution in [0.15, 0.2) is 54.6 Å². The number of carbonyl (C=O) groups excluding carboxylic acids is 1. The van der Waals surface area contributed by atoms with Gasteiger partial charge < -0.3 is 9.74 Å². The number of halogens is 1. The highest BCUT2D eigenvalue weighted by Crippen LogP contribution is 2.49. The molecule has 0 aliphatic heterocycles. The molecule has 0 saturated heterocycles. The number of benzene rings is 2. The summed E-state index contributed by atoms with van der Waals surface area (Å²) in [6.45, 7) is 11.6. The van der Waals surface area contributed by atoms with Gasteiger partial charge in [-0.25, -0.2) is 0 Å². The lowest BCUT2D eigenvalue weighted by atomic mass is 9.74. The van der Waals surface area contributed by atoms with E-state index in [-0.39, 0.29) is 16.5 Å². The van der Waals surface area contributed by atoms with Gasteiger partial charge in [-0.05, 0) is 73.5 Å². The average Bonchev–Trinajstić information content (AvgIpc) is 2.69. The SMILES string of the molecule is CC(C)(C)[Si](C)(C)OC1(c2ccccc2)CCC(CC(=O)Nc2cccc(Cl)c2)CC1. The Morgan fingerprint density at radius 3 is 2.32 bits per heavy atom. The van der Waals surface area contributed by atoms with Gasteiger partial charge in [-0.15, -0.1) is 0 Å². The first-order valence-electron chi connectivity index (χ1n) is 11.3. The van der Waals surface area contributed by atoms with Crippen LogP contribution >= 0.6 is 11.6 Å². The highest BCUT2D eigenvalue weighted by atomic mass is 35.5. The smallest absolute Gasteiger partial charge is 0.224 e. The quantitative estimate of drug-likeness (QED) is 0.449. The summed E-state index contributed by atoms with van der Waals surface area (Å²) in [6, 6.07) is 18.0. The zero-order chi connectivity index (χ0) is 22.7. The van der Waals surface area contributed by atoms with Gasteiger partial charge in [0.15, 0.2) is 8.32 Å². The van der Waals surface area contributed by atoms with Gasteiger partial charge in [0, 0.05) is 17.1 Å². The van der Waals surface area contributed by atoms with Crippen molar-refractivity contribution in [3.05, 3.63) is 65.2 Å². The van der Waals surface area contributed by atoms with Crippen molar-refractivity contribution in [2.75, 3.05) is 5.32 Å². The van der Waals surface area contributed by atoms with E-state index >= 15 is 0 Å². The topological polar surface area (TPSA) is 38.3 Å². The number of rotatable bonds is 6. The van der Waals surface area contributed by atoms with Crippen molar-refractivity contribution in [3.63, 3.8) is 0 Å². The normalized spacial score (nSPS) is 22.2. The second kappa shape index (κ2) is 9.48. The summed E-state index contributed by atoms with van der Waals surface area (Å²) < 4.78 is 7.10. The molecule has 3 nitrogen and oxygen atoms in total. The van der Waals surface area contributed by atoms with Gasteiger partial charge in [0.1, 0.15) is 0 Å². The summed E-state index contributed by atoms with van der Waals surface area (Å²) in [6.07, 6.45) is 4.44. The molecule has 0 spiro atoms. The van der Waals surface area contributed by atoms with Gasteiger partial charge in [-0.1, -0.05) is 68.8 Å². The van der Waals surface area contributed by atoms with Crippen molar-refractivity contribution in [2.24, 2.45) is 5.92 Å². The molecule has 0 heterocycles. The van der Waals surface area contributed by atoms with Crippen molar-refractivity contribution in [3.8, 4) is 0 Å². The summed E-state index contributed by atoms with van der Waals surface area (Å²) in [5, 5.41) is 3.78. The lowest BCUT2D eigenvalue weighted by molar-refractivity contribution is -0.117. The van der Waals surface area contributed by atoms with Crippen LogP contribution in [0.2, 0.25) is 23.2 Å². The predicted octanol–water partition coefficient (Wildman–Crippen LogP) is 7.78. The van der Waals surface area contributed by atoms with E-state index in [0.717, 1.165) is 31.4 Å². The molecule has 31 heavy (non-hydrogen) atoms. The third-order valence-corrected chi connectivity index (χ3v) is 11.8. The van der Waals surface area contributed by atoms with Crippen LogP contribution in [0.5, 0.6) is 0 Å². The molecule has 168 valence electrons. The van der Waals surface area contributed by atoms with Crippen molar-refractivity contribution in [1.82, 2.24) is 0 Å². The lowest BCUT2D eigenvalue weighted by Gasteiger charge is -2.49. The van der Waals surface area contributed by atoms with Gasteiger partial charge in [-0.2, -0.15) is 0 Å². The molecule has 1 N–H and O–H groups in total. The lowest BCUT2D eigenvalue weighted by Crippen LogP contribution is -2.49. The zero-order valence-corrected chi connectivity index (χ0v) is 21.3. The van der Waals surface area contributed by atoms with Crippen LogP contribution in [0.3, 0.4) is 0 Å². The van der Waals surface area contributed by atoms with Crippen molar-refractivity contribution in [1.29, 1.82) is 0 Å². The van der Waals surface area contributed by atoms with Crippen LogP contribution in [0.4, 0.5) is 5.69 Å². The van der Waals surface area contributed by atoms with Gasteiger partial charge >= 0.3 is 0 Å². The number of hydrogen-bond acceptors (Lipinski definition) is 2. The van der Waals surface area contributed by atoms with E-state index < -0.39 is 8.32 Å². The van der Waals surface area contributed by atoms with E-state index in [1.54, 1.807) is 6.07 Å². The molecule has 1 saturated carbocycles. The number of hydrogen-bond donors (Lipinski definition) is 1. The summed E-state index contributed by atoms with van der Waals surface area (Å²) in [5.41, 5.74) is 1.79. The van der Waals surface area contributed by atoms with Crippen molar-refractivity contribution >= 4 is 31.5 Å². The van der Waals surface area contributed by atoms with Crippen molar-refractivity contribution < 1.29 is 9.22 Å². The van der Waals surface area contributed by atoms with Crippen LogP contribution < -0.4 is 5.32 Å². The molecule has 2 aromatic rings. The maximum Gasteiger partial charge on any atom is 0.224 e. The Morgan fingerprint density at radius 1 is 1.10 bits per heavy atom. The van der Waals surface area contributed by atoms with E-state index in [0.29, 0.717) is 17.4 Å². The standard InChI is InChI=1S/C26H36ClNO2Si/c1-25(2,3)31(4,5)30-26(21-10-7-6-8-11-21)16-14-20(15-17-26)18-24(29)28-23-13-9-12-22(27)19-23/h6-13,19-20H,14-18H2,1-5H3,(H,28,29). The molecular formula is C26H36ClNO2Si. The second-order valence-corrected chi connectivity index (χ2v) is 15.6. The summed E-state index contributed by atoms with van der Waals surface area (Å²) in [7, 11) is -1.95. The first-order valence-corrected chi connectivity index (χ1v) is 14.6. The Bertz CT molecular complexity index is 884. The molecule has 0 aromatic heterocycles. The molecule has 2 aromatic carbocycles. The molecule has 0 atom stereocenters. The third-order valence-electron chi connectivity index (χ3n) is 7.05. The van der Waals surface area contributed by atoms with E-state index in [4.69, 9.17) is 16.0 Å². The molecule has 1 aliphatic rings. The fourth-order valence-electron chi connectivity index (χ4n) is 4.22. The van der Waals surface area contributed by atoms with Gasteiger partial charge in [0.05, 0.1) is 5.60 Å². The zero-order valence-electron chi connectivity index (χ0n) is 19.5. The van der Waals surface area contributed by atoms with Crippen LogP contribution in [0, 0.1) is 5.92 Å². The first-order chi connectivity index (χ1) is 14.5. The largest absolute Gasteiger partial charge is 0.407 e. The number of nitrogens with one attached hydrogen (secondary N) is 1. The fourth-order valence-corrected chi connectivity index (χ4v) is 6.02. The Balaban J connectivity index is 1.69. The fraction of sp³-hybridized carbons (Fsp3) is 0.500. The summed E-state index contributed by atoms with van der Waals surface area (Å²) in [5.74, 6) is 0.434. The number of amides is 1. The Labute approximate surface area is 193 Å². The predicted molar refractivity (Wildman–Crippen MR) is 133 cm³/mol. The monoisotopic (exact) mass is 457 g/mol. The molecule has 0 radical (unpaired) electrons. The van der Waals surface area contributed by atoms with Crippen LogP contribution in [0.25, 0.3) is 0 Å². The van der Waals surface area contributed by atoms with Crippen LogP contribution in [-0.4, -0.2) is 14.2 Å². The Hall–Kier alpha value is -1.62. The summed E-state index contributed by atoms with van der Waals surface area (Å²) >= 11 is 6.03. The van der Waals surface area contributed by atoms with Crippen LogP contribution in [-0.2, 0) is 14.8 Å². The number of anilines is 1. The molecule has 1 fully saturated rings. The molecule has 0 bridgehead atoms. The minimum Gasteiger partial charge on any atom is -0.407 e. The first kappa shape index (κ1) is 24.0. The van der Waals surface area contributed by atoms with E-state index in [9.17, 15) is 4.79 Å². The van der Waals surface area contributed by atoms with E-state index in [1.807, 2.05) is 18.2 Å². The second-order valence-electron chi connectivity index (χ2n) is 10.4. The minimum absolute atomic E-state index is 0.0600. The van der Waals surface area contributed by atoms with Gasteiger partial charge in [0.25, 0.3) is 0 Å². The van der Waals surface area contributed by atoms with Crippen molar-refractivity contribution in [2.45, 2.75) is 76.6 Å². The maximum atomic E-state index is 12.6. The molecule has 1 aliphatic carbocycles. The Kier molecular flexibility index (Phi) is 7.34.